The third kappa shape index (κ3) is 3.33. The van der Waals surface area contributed by atoms with Crippen molar-refractivity contribution in [2.24, 2.45) is 0 Å². The highest BCUT2D eigenvalue weighted by Crippen LogP contribution is 2.12. The molecule has 0 fully saturated rings. The van der Waals surface area contributed by atoms with Crippen LogP contribution >= 0.6 is 0 Å². The highest BCUT2D eigenvalue weighted by molar-refractivity contribution is 5.17. The molecule has 17 heavy (non-hydrogen) atoms. The van der Waals surface area contributed by atoms with Gasteiger partial charge in [0.2, 0.25) is 0 Å². The van der Waals surface area contributed by atoms with Crippen LogP contribution in [-0.2, 0) is 6.54 Å². The molecular formula is C15H18NO+. The van der Waals surface area contributed by atoms with Gasteiger partial charge >= 0.3 is 0 Å². The average molecular weight is 228 g/mol. The first kappa shape index (κ1) is 11.7. The van der Waals surface area contributed by atoms with E-state index in [0.717, 1.165) is 18.7 Å². The van der Waals surface area contributed by atoms with Gasteiger partial charge in [-0.25, -0.2) is 0 Å². The van der Waals surface area contributed by atoms with Gasteiger partial charge in [0, 0.05) is 12.0 Å². The summed E-state index contributed by atoms with van der Waals surface area (Å²) in [5, 5.41) is 2.29. The number of nitrogens with two attached hydrogens (primary N) is 1. The highest BCUT2D eigenvalue weighted by Gasteiger charge is 2.13. The second kappa shape index (κ2) is 6.06. The summed E-state index contributed by atoms with van der Waals surface area (Å²) in [5.74, 6) is 1.01. The monoisotopic (exact) mass is 228 g/mol. The van der Waals surface area contributed by atoms with Crippen molar-refractivity contribution in [3.05, 3.63) is 72.7 Å². The van der Waals surface area contributed by atoms with E-state index < -0.39 is 0 Å². The molecular weight excluding hydrogens is 210 g/mol. The van der Waals surface area contributed by atoms with Crippen LogP contribution in [0.3, 0.4) is 0 Å². The number of hydrogen-bond donors (Lipinski definition) is 1. The lowest BCUT2D eigenvalue weighted by Gasteiger charge is -2.13. The summed E-state index contributed by atoms with van der Waals surface area (Å²) in [5.41, 5.74) is 1.33. The van der Waals surface area contributed by atoms with Crippen LogP contribution in [0.25, 0.3) is 0 Å². The van der Waals surface area contributed by atoms with Crippen LogP contribution in [0.4, 0.5) is 0 Å². The van der Waals surface area contributed by atoms with Crippen molar-refractivity contribution in [2.75, 3.05) is 0 Å². The molecule has 0 bridgehead atoms. The Bertz CT molecular complexity index is 433. The Hall–Kier alpha value is -1.80. The second-order valence-corrected chi connectivity index (χ2v) is 4.06. The fourth-order valence-electron chi connectivity index (χ4n) is 1.94. The van der Waals surface area contributed by atoms with Gasteiger partial charge in [0.15, 0.2) is 5.76 Å². The molecule has 0 unspecified atom stereocenters. The van der Waals surface area contributed by atoms with Crippen LogP contribution in [0.1, 0.15) is 23.8 Å². The molecule has 1 atom stereocenters. The van der Waals surface area contributed by atoms with Crippen molar-refractivity contribution >= 4 is 0 Å². The van der Waals surface area contributed by atoms with Gasteiger partial charge in [0.05, 0.1) is 6.26 Å². The molecule has 0 aliphatic rings. The molecule has 2 nitrogen and oxygen atoms in total. The van der Waals surface area contributed by atoms with E-state index in [4.69, 9.17) is 4.42 Å². The molecule has 0 aliphatic carbocycles. The van der Waals surface area contributed by atoms with Gasteiger partial charge in [0.25, 0.3) is 0 Å². The Balaban J connectivity index is 2.00. The molecule has 2 aromatic rings. The molecule has 88 valence electrons. The molecule has 0 aliphatic heterocycles. The van der Waals surface area contributed by atoms with E-state index in [-0.39, 0.29) is 0 Å². The third-order valence-corrected chi connectivity index (χ3v) is 2.83. The van der Waals surface area contributed by atoms with E-state index in [2.05, 4.69) is 36.2 Å². The van der Waals surface area contributed by atoms with Crippen molar-refractivity contribution in [1.82, 2.24) is 0 Å². The average Bonchev–Trinajstić information content (AvgIpc) is 2.88. The molecule has 1 aromatic carbocycles. The predicted molar refractivity (Wildman–Crippen MR) is 68.3 cm³/mol. The largest absolute Gasteiger partial charge is 0.463 e. The van der Waals surface area contributed by atoms with Crippen molar-refractivity contribution in [3.8, 4) is 0 Å². The zero-order valence-electron chi connectivity index (χ0n) is 9.88. The Kier molecular flexibility index (Phi) is 4.17. The topological polar surface area (TPSA) is 29.8 Å². The van der Waals surface area contributed by atoms with Gasteiger partial charge in [-0.05, 0) is 12.1 Å². The highest BCUT2D eigenvalue weighted by atomic mass is 16.3. The number of benzene rings is 1. The van der Waals surface area contributed by atoms with Gasteiger partial charge in [0.1, 0.15) is 12.6 Å². The molecule has 2 heteroatoms. The first-order valence-corrected chi connectivity index (χ1v) is 5.91. The van der Waals surface area contributed by atoms with Gasteiger partial charge < -0.3 is 9.73 Å². The lowest BCUT2D eigenvalue weighted by atomic mass is 10.0. The van der Waals surface area contributed by atoms with Gasteiger partial charge in [-0.1, -0.05) is 36.4 Å². The molecule has 0 amide bonds. The molecule has 2 N–H and O–H groups in total. The zero-order valence-corrected chi connectivity index (χ0v) is 9.88. The van der Waals surface area contributed by atoms with E-state index in [1.807, 2.05) is 24.3 Å². The third-order valence-electron chi connectivity index (χ3n) is 2.83. The molecule has 0 saturated heterocycles. The molecule has 2 rings (SSSR count). The minimum atomic E-state index is 0.416. The lowest BCUT2D eigenvalue weighted by Crippen LogP contribution is -2.83. The summed E-state index contributed by atoms with van der Waals surface area (Å²) in [6.45, 7) is 4.69. The molecule has 1 heterocycles. The maximum atomic E-state index is 5.34. The van der Waals surface area contributed by atoms with Crippen LogP contribution in [0.2, 0.25) is 0 Å². The normalized spacial score (nSPS) is 12.2. The molecule has 1 aromatic heterocycles. The Labute approximate surface area is 102 Å². The summed E-state index contributed by atoms with van der Waals surface area (Å²) in [7, 11) is 0. The minimum Gasteiger partial charge on any atom is -0.463 e. The Morgan fingerprint density at radius 1 is 1.18 bits per heavy atom. The maximum absolute atomic E-state index is 5.34. The number of furan rings is 1. The fourth-order valence-corrected chi connectivity index (χ4v) is 1.94. The van der Waals surface area contributed by atoms with Gasteiger partial charge in [-0.15, -0.1) is 6.58 Å². The summed E-state index contributed by atoms with van der Waals surface area (Å²) >= 11 is 0. The summed E-state index contributed by atoms with van der Waals surface area (Å²) in [6, 6.07) is 14.9. The quantitative estimate of drug-likeness (QED) is 0.757. The van der Waals surface area contributed by atoms with Crippen molar-refractivity contribution in [1.29, 1.82) is 0 Å². The van der Waals surface area contributed by atoms with Crippen molar-refractivity contribution < 1.29 is 9.73 Å². The zero-order chi connectivity index (χ0) is 11.9. The summed E-state index contributed by atoms with van der Waals surface area (Å²) in [6.07, 6.45) is 4.65. The van der Waals surface area contributed by atoms with Crippen LogP contribution in [0, 0.1) is 0 Å². The molecule has 0 spiro atoms. The lowest BCUT2D eigenvalue weighted by molar-refractivity contribution is -0.712. The summed E-state index contributed by atoms with van der Waals surface area (Å²) in [4.78, 5) is 0. The van der Waals surface area contributed by atoms with Crippen LogP contribution in [0.15, 0.2) is 65.8 Å². The predicted octanol–water partition coefficient (Wildman–Crippen LogP) is 2.66. The van der Waals surface area contributed by atoms with E-state index in [0.29, 0.717) is 6.04 Å². The van der Waals surface area contributed by atoms with E-state index in [1.165, 1.54) is 5.56 Å². The van der Waals surface area contributed by atoms with E-state index in [9.17, 15) is 0 Å². The molecule has 0 saturated carbocycles. The smallest absolute Gasteiger partial charge is 0.157 e. The standard InChI is InChI=1S/C15H17NO/c1-2-7-15(13-8-4-3-5-9-13)16-12-14-10-6-11-17-14/h2-6,8-11,15-16H,1,7,12H2/p+1/t15-/m1/s1. The minimum absolute atomic E-state index is 0.416. The van der Waals surface area contributed by atoms with Crippen LogP contribution in [-0.4, -0.2) is 0 Å². The number of hydrogen-bond acceptors (Lipinski definition) is 1. The van der Waals surface area contributed by atoms with E-state index in [1.54, 1.807) is 6.26 Å². The fraction of sp³-hybridized carbons (Fsp3) is 0.200. The first-order valence-electron chi connectivity index (χ1n) is 5.91. The number of rotatable bonds is 6. The maximum Gasteiger partial charge on any atom is 0.157 e. The Morgan fingerprint density at radius 3 is 2.65 bits per heavy atom. The summed E-state index contributed by atoms with van der Waals surface area (Å²) < 4.78 is 5.34. The first-order chi connectivity index (χ1) is 8.40. The second-order valence-electron chi connectivity index (χ2n) is 4.06. The van der Waals surface area contributed by atoms with Gasteiger partial charge in [-0.2, -0.15) is 0 Å². The number of quaternary nitrogens is 1. The van der Waals surface area contributed by atoms with E-state index >= 15 is 0 Å². The van der Waals surface area contributed by atoms with Crippen molar-refractivity contribution in [3.63, 3.8) is 0 Å². The van der Waals surface area contributed by atoms with Crippen molar-refractivity contribution in [2.45, 2.75) is 19.0 Å². The van der Waals surface area contributed by atoms with Crippen LogP contribution in [0.5, 0.6) is 0 Å². The van der Waals surface area contributed by atoms with Crippen LogP contribution < -0.4 is 5.32 Å². The SMILES string of the molecule is C=CC[C@@H]([NH2+]Cc1ccco1)c1ccccc1. The van der Waals surface area contributed by atoms with Gasteiger partial charge in [-0.3, -0.25) is 0 Å². The Morgan fingerprint density at radius 2 is 2.00 bits per heavy atom. The molecule has 0 radical (unpaired) electrons.